The van der Waals surface area contributed by atoms with Gasteiger partial charge >= 0.3 is 5.97 Å². The lowest BCUT2D eigenvalue weighted by Crippen LogP contribution is -2.37. The third-order valence-corrected chi connectivity index (χ3v) is 3.59. The van der Waals surface area contributed by atoms with Crippen LogP contribution in [0, 0.1) is 6.92 Å². The fraction of sp³-hybridized carbons (Fsp3) is 0.467. The molecular formula is C15H20N2O3. The number of likely N-dealkylation sites (tertiary alicyclic amines) is 1. The molecule has 5 heteroatoms. The highest BCUT2D eigenvalue weighted by atomic mass is 16.4. The number of amides is 1. The van der Waals surface area contributed by atoms with E-state index in [-0.39, 0.29) is 24.9 Å². The first kappa shape index (κ1) is 14.5. The zero-order valence-electron chi connectivity index (χ0n) is 11.6. The Hall–Kier alpha value is -1.88. The highest BCUT2D eigenvalue weighted by Crippen LogP contribution is 2.20. The van der Waals surface area contributed by atoms with Gasteiger partial charge in [-0.2, -0.15) is 0 Å². The van der Waals surface area contributed by atoms with Crippen molar-refractivity contribution in [3.05, 3.63) is 29.8 Å². The van der Waals surface area contributed by atoms with Crippen LogP contribution in [0.3, 0.4) is 0 Å². The molecule has 0 aliphatic carbocycles. The molecule has 1 aliphatic heterocycles. The van der Waals surface area contributed by atoms with E-state index in [0.717, 1.165) is 30.6 Å². The molecule has 108 valence electrons. The molecule has 2 N–H and O–H groups in total. The molecule has 1 fully saturated rings. The van der Waals surface area contributed by atoms with Crippen molar-refractivity contribution in [2.24, 2.45) is 0 Å². The van der Waals surface area contributed by atoms with Gasteiger partial charge in [-0.25, -0.2) is 0 Å². The zero-order valence-corrected chi connectivity index (χ0v) is 11.6. The Bertz CT molecular complexity index is 484. The van der Waals surface area contributed by atoms with Crippen LogP contribution in [0.15, 0.2) is 24.3 Å². The standard InChI is InChI=1S/C15H20N2O3/c1-11-4-6-12(7-5-11)16-14(18)10-17-8-2-3-13(17)9-15(19)20/h4-7,13H,2-3,8-10H2,1H3,(H,16,18)(H,19,20). The van der Waals surface area contributed by atoms with Gasteiger partial charge < -0.3 is 10.4 Å². The maximum absolute atomic E-state index is 12.0. The highest BCUT2D eigenvalue weighted by molar-refractivity contribution is 5.92. The summed E-state index contributed by atoms with van der Waals surface area (Å²) in [6.07, 6.45) is 1.91. The van der Waals surface area contributed by atoms with Gasteiger partial charge in [-0.15, -0.1) is 0 Å². The third-order valence-electron chi connectivity index (χ3n) is 3.59. The van der Waals surface area contributed by atoms with E-state index in [4.69, 9.17) is 5.11 Å². The number of rotatable bonds is 5. The second-order valence-corrected chi connectivity index (χ2v) is 5.28. The Morgan fingerprint density at radius 2 is 2.05 bits per heavy atom. The summed E-state index contributed by atoms with van der Waals surface area (Å²) in [5.41, 5.74) is 1.92. The van der Waals surface area contributed by atoms with Crippen LogP contribution in [0.25, 0.3) is 0 Å². The maximum Gasteiger partial charge on any atom is 0.304 e. The van der Waals surface area contributed by atoms with E-state index >= 15 is 0 Å². The average molecular weight is 276 g/mol. The van der Waals surface area contributed by atoms with Crippen LogP contribution in [-0.4, -0.2) is 41.0 Å². The maximum atomic E-state index is 12.0. The number of carboxylic acid groups (broad SMARTS) is 1. The van der Waals surface area contributed by atoms with Crippen molar-refractivity contribution in [3.63, 3.8) is 0 Å². The fourth-order valence-corrected chi connectivity index (χ4v) is 2.56. The quantitative estimate of drug-likeness (QED) is 0.861. The number of aliphatic carboxylic acids is 1. The molecule has 1 atom stereocenters. The summed E-state index contributed by atoms with van der Waals surface area (Å²) in [7, 11) is 0. The van der Waals surface area contributed by atoms with E-state index in [1.807, 2.05) is 36.1 Å². The largest absolute Gasteiger partial charge is 0.481 e. The minimum Gasteiger partial charge on any atom is -0.481 e. The lowest BCUT2D eigenvalue weighted by molar-refractivity contribution is -0.138. The molecule has 0 spiro atoms. The third kappa shape index (κ3) is 4.06. The number of carboxylic acids is 1. The molecule has 1 heterocycles. The van der Waals surface area contributed by atoms with Gasteiger partial charge in [0, 0.05) is 11.7 Å². The van der Waals surface area contributed by atoms with E-state index < -0.39 is 5.97 Å². The molecule has 0 aromatic heterocycles. The number of benzene rings is 1. The summed E-state index contributed by atoms with van der Waals surface area (Å²) in [6.45, 7) is 3.04. The first-order chi connectivity index (χ1) is 9.54. The predicted octanol–water partition coefficient (Wildman–Crippen LogP) is 1.87. The average Bonchev–Trinajstić information content (AvgIpc) is 2.78. The molecule has 0 saturated carbocycles. The van der Waals surface area contributed by atoms with Crippen molar-refractivity contribution < 1.29 is 14.7 Å². The first-order valence-electron chi connectivity index (χ1n) is 6.87. The number of hydrogen-bond acceptors (Lipinski definition) is 3. The number of anilines is 1. The normalized spacial score (nSPS) is 18.9. The van der Waals surface area contributed by atoms with Gasteiger partial charge in [0.1, 0.15) is 0 Å². The van der Waals surface area contributed by atoms with Crippen molar-refractivity contribution in [1.82, 2.24) is 4.90 Å². The van der Waals surface area contributed by atoms with Gasteiger partial charge in [-0.3, -0.25) is 14.5 Å². The van der Waals surface area contributed by atoms with E-state index in [9.17, 15) is 9.59 Å². The smallest absolute Gasteiger partial charge is 0.304 e. The Morgan fingerprint density at radius 1 is 1.35 bits per heavy atom. The second-order valence-electron chi connectivity index (χ2n) is 5.28. The molecule has 1 amide bonds. The van der Waals surface area contributed by atoms with E-state index in [2.05, 4.69) is 5.32 Å². The molecular weight excluding hydrogens is 256 g/mol. The van der Waals surface area contributed by atoms with Crippen molar-refractivity contribution in [3.8, 4) is 0 Å². The summed E-state index contributed by atoms with van der Waals surface area (Å²) in [5.74, 6) is -0.896. The summed E-state index contributed by atoms with van der Waals surface area (Å²) in [6, 6.07) is 7.60. The minimum atomic E-state index is -0.805. The van der Waals surface area contributed by atoms with Gasteiger partial charge in [0.15, 0.2) is 0 Å². The second kappa shape index (κ2) is 6.52. The van der Waals surface area contributed by atoms with Gasteiger partial charge in [-0.1, -0.05) is 17.7 Å². The van der Waals surface area contributed by atoms with Crippen molar-refractivity contribution in [2.75, 3.05) is 18.4 Å². The van der Waals surface area contributed by atoms with Crippen LogP contribution >= 0.6 is 0 Å². The summed E-state index contributed by atoms with van der Waals surface area (Å²) in [4.78, 5) is 24.7. The minimum absolute atomic E-state index is 0.0173. The summed E-state index contributed by atoms with van der Waals surface area (Å²) in [5, 5.41) is 11.7. The number of nitrogens with one attached hydrogen (secondary N) is 1. The number of carbonyl (C=O) groups is 2. The van der Waals surface area contributed by atoms with Gasteiger partial charge in [0.2, 0.25) is 5.91 Å². The van der Waals surface area contributed by atoms with Crippen LogP contribution in [0.5, 0.6) is 0 Å². The molecule has 1 saturated heterocycles. The predicted molar refractivity (Wildman–Crippen MR) is 76.7 cm³/mol. The fourth-order valence-electron chi connectivity index (χ4n) is 2.56. The Labute approximate surface area is 118 Å². The Balaban J connectivity index is 1.87. The molecule has 2 rings (SSSR count). The lowest BCUT2D eigenvalue weighted by Gasteiger charge is -2.22. The van der Waals surface area contributed by atoms with Gasteiger partial charge in [-0.05, 0) is 38.4 Å². The summed E-state index contributed by atoms with van der Waals surface area (Å²) < 4.78 is 0. The number of aryl methyl sites for hydroxylation is 1. The molecule has 1 aromatic carbocycles. The molecule has 1 aromatic rings. The lowest BCUT2D eigenvalue weighted by atomic mass is 10.1. The van der Waals surface area contributed by atoms with Crippen LogP contribution in [0.1, 0.15) is 24.8 Å². The summed E-state index contributed by atoms with van der Waals surface area (Å²) >= 11 is 0. The number of nitrogens with zero attached hydrogens (tertiary/aromatic N) is 1. The monoisotopic (exact) mass is 276 g/mol. The van der Waals surface area contributed by atoms with Gasteiger partial charge in [0.05, 0.1) is 13.0 Å². The van der Waals surface area contributed by atoms with E-state index in [1.54, 1.807) is 0 Å². The van der Waals surface area contributed by atoms with Crippen LogP contribution in [-0.2, 0) is 9.59 Å². The SMILES string of the molecule is Cc1ccc(NC(=O)CN2CCCC2CC(=O)O)cc1. The van der Waals surface area contributed by atoms with Crippen molar-refractivity contribution in [1.29, 1.82) is 0 Å². The van der Waals surface area contributed by atoms with Crippen LogP contribution < -0.4 is 5.32 Å². The van der Waals surface area contributed by atoms with Crippen molar-refractivity contribution >= 4 is 17.6 Å². The molecule has 1 aliphatic rings. The Kier molecular flexibility index (Phi) is 4.74. The molecule has 20 heavy (non-hydrogen) atoms. The van der Waals surface area contributed by atoms with Crippen LogP contribution in [0.2, 0.25) is 0 Å². The number of carbonyl (C=O) groups excluding carboxylic acids is 1. The highest BCUT2D eigenvalue weighted by Gasteiger charge is 2.27. The Morgan fingerprint density at radius 3 is 2.70 bits per heavy atom. The van der Waals surface area contributed by atoms with Crippen molar-refractivity contribution in [2.45, 2.75) is 32.2 Å². The number of hydrogen-bond donors (Lipinski definition) is 2. The van der Waals surface area contributed by atoms with E-state index in [1.165, 1.54) is 0 Å². The molecule has 5 nitrogen and oxygen atoms in total. The van der Waals surface area contributed by atoms with E-state index in [0.29, 0.717) is 0 Å². The van der Waals surface area contributed by atoms with Gasteiger partial charge in [0.25, 0.3) is 0 Å². The molecule has 0 bridgehead atoms. The topological polar surface area (TPSA) is 69.6 Å². The zero-order chi connectivity index (χ0) is 14.5. The molecule has 1 unspecified atom stereocenters. The molecule has 0 radical (unpaired) electrons. The first-order valence-corrected chi connectivity index (χ1v) is 6.87. The van der Waals surface area contributed by atoms with Crippen LogP contribution in [0.4, 0.5) is 5.69 Å².